The van der Waals surface area contributed by atoms with E-state index in [1.165, 1.54) is 38.0 Å². The van der Waals surface area contributed by atoms with Gasteiger partial charge >= 0.3 is 0 Å². The molecule has 0 bridgehead atoms. The van der Waals surface area contributed by atoms with Crippen LogP contribution in [-0.4, -0.2) is 18.1 Å². The van der Waals surface area contributed by atoms with Crippen LogP contribution in [0.25, 0.3) is 0 Å². The van der Waals surface area contributed by atoms with Gasteiger partial charge < -0.3 is 10.6 Å². The van der Waals surface area contributed by atoms with Crippen LogP contribution in [0.4, 0.5) is 5.69 Å². The zero-order valence-corrected chi connectivity index (χ0v) is 9.60. The van der Waals surface area contributed by atoms with Gasteiger partial charge in [0.05, 0.1) is 11.9 Å². The van der Waals surface area contributed by atoms with Gasteiger partial charge in [-0.15, -0.1) is 0 Å². The topological polar surface area (TPSA) is 42.1 Å². The van der Waals surface area contributed by atoms with Crippen molar-refractivity contribution in [1.82, 2.24) is 4.98 Å². The fraction of sp³-hybridized carbons (Fsp3) is 0.615. The van der Waals surface area contributed by atoms with E-state index in [9.17, 15) is 0 Å². The standard InChI is InChI=1S/C13H19N3/c14-5-10-4-13(7-15-6-10)16-8-11-2-1-3-12(11)9-16/h4,6-7,11-12H,1-3,5,8-9,14H2. The van der Waals surface area contributed by atoms with E-state index < -0.39 is 0 Å². The van der Waals surface area contributed by atoms with E-state index in [1.54, 1.807) is 0 Å². The molecule has 0 spiro atoms. The van der Waals surface area contributed by atoms with Gasteiger partial charge in [0.2, 0.25) is 0 Å². The molecule has 1 saturated carbocycles. The van der Waals surface area contributed by atoms with E-state index in [0.717, 1.165) is 17.4 Å². The number of anilines is 1. The van der Waals surface area contributed by atoms with Crippen molar-refractivity contribution < 1.29 is 0 Å². The Labute approximate surface area is 96.7 Å². The van der Waals surface area contributed by atoms with Crippen LogP contribution in [0.1, 0.15) is 24.8 Å². The van der Waals surface area contributed by atoms with Crippen LogP contribution >= 0.6 is 0 Å². The second-order valence-corrected chi connectivity index (χ2v) is 5.11. The molecule has 2 unspecified atom stereocenters. The molecule has 16 heavy (non-hydrogen) atoms. The molecule has 0 amide bonds. The van der Waals surface area contributed by atoms with Gasteiger partial charge in [-0.3, -0.25) is 4.98 Å². The molecule has 2 aliphatic rings. The van der Waals surface area contributed by atoms with Crippen LogP contribution in [0.15, 0.2) is 18.5 Å². The Bertz CT molecular complexity index is 365. The number of rotatable bonds is 2. The van der Waals surface area contributed by atoms with Crippen LogP contribution in [0.3, 0.4) is 0 Å². The van der Waals surface area contributed by atoms with E-state index in [2.05, 4.69) is 16.0 Å². The van der Waals surface area contributed by atoms with Crippen LogP contribution in [-0.2, 0) is 6.54 Å². The van der Waals surface area contributed by atoms with Gasteiger partial charge in [-0.1, -0.05) is 6.42 Å². The normalized spacial score (nSPS) is 28.4. The Morgan fingerprint density at radius 2 is 2.00 bits per heavy atom. The van der Waals surface area contributed by atoms with Crippen molar-refractivity contribution in [3.8, 4) is 0 Å². The van der Waals surface area contributed by atoms with Gasteiger partial charge in [-0.25, -0.2) is 0 Å². The smallest absolute Gasteiger partial charge is 0.0556 e. The molecular weight excluding hydrogens is 198 g/mol. The van der Waals surface area contributed by atoms with Crippen molar-refractivity contribution in [2.24, 2.45) is 17.6 Å². The summed E-state index contributed by atoms with van der Waals surface area (Å²) in [4.78, 5) is 6.76. The lowest BCUT2D eigenvalue weighted by Gasteiger charge is -2.19. The van der Waals surface area contributed by atoms with Gasteiger partial charge in [0.1, 0.15) is 0 Å². The summed E-state index contributed by atoms with van der Waals surface area (Å²) in [6, 6.07) is 2.19. The van der Waals surface area contributed by atoms with Crippen molar-refractivity contribution in [2.45, 2.75) is 25.8 Å². The van der Waals surface area contributed by atoms with E-state index >= 15 is 0 Å². The van der Waals surface area contributed by atoms with Gasteiger partial charge in [0.25, 0.3) is 0 Å². The van der Waals surface area contributed by atoms with Gasteiger partial charge in [-0.05, 0) is 36.3 Å². The molecule has 2 N–H and O–H groups in total. The lowest BCUT2D eigenvalue weighted by Crippen LogP contribution is -2.21. The molecule has 86 valence electrons. The maximum Gasteiger partial charge on any atom is 0.0556 e. The summed E-state index contributed by atoms with van der Waals surface area (Å²) in [5.41, 5.74) is 8.05. The molecule has 0 aromatic carbocycles. The number of pyridine rings is 1. The van der Waals surface area contributed by atoms with Gasteiger partial charge in [0.15, 0.2) is 0 Å². The highest BCUT2D eigenvalue weighted by atomic mass is 15.2. The number of nitrogens with zero attached hydrogens (tertiary/aromatic N) is 2. The van der Waals surface area contributed by atoms with Crippen LogP contribution in [0.5, 0.6) is 0 Å². The molecule has 1 aromatic heterocycles. The Morgan fingerprint density at radius 3 is 2.69 bits per heavy atom. The monoisotopic (exact) mass is 217 g/mol. The highest BCUT2D eigenvalue weighted by Crippen LogP contribution is 2.39. The maximum atomic E-state index is 5.65. The highest BCUT2D eigenvalue weighted by molar-refractivity contribution is 5.47. The average molecular weight is 217 g/mol. The van der Waals surface area contributed by atoms with Crippen LogP contribution in [0.2, 0.25) is 0 Å². The Kier molecular flexibility index (Phi) is 2.56. The molecule has 1 aromatic rings. The quantitative estimate of drug-likeness (QED) is 0.821. The first-order chi connectivity index (χ1) is 7.86. The third-order valence-corrected chi connectivity index (χ3v) is 4.11. The van der Waals surface area contributed by atoms with Crippen molar-refractivity contribution >= 4 is 5.69 Å². The number of fused-ring (bicyclic) bond motifs is 1. The van der Waals surface area contributed by atoms with Crippen molar-refractivity contribution in [1.29, 1.82) is 0 Å². The lowest BCUT2D eigenvalue weighted by atomic mass is 10.0. The maximum absolute atomic E-state index is 5.65. The van der Waals surface area contributed by atoms with Crippen molar-refractivity contribution in [3.05, 3.63) is 24.0 Å². The zero-order valence-electron chi connectivity index (χ0n) is 9.60. The number of nitrogens with two attached hydrogens (primary N) is 1. The molecule has 3 heteroatoms. The van der Waals surface area contributed by atoms with Gasteiger partial charge in [-0.2, -0.15) is 0 Å². The molecule has 2 fully saturated rings. The predicted molar refractivity (Wildman–Crippen MR) is 65.2 cm³/mol. The largest absolute Gasteiger partial charge is 0.370 e. The molecule has 2 atom stereocenters. The minimum atomic E-state index is 0.585. The summed E-state index contributed by atoms with van der Waals surface area (Å²) in [6.45, 7) is 3.03. The molecule has 3 rings (SSSR count). The second-order valence-electron chi connectivity index (χ2n) is 5.11. The number of hydrogen-bond donors (Lipinski definition) is 1. The predicted octanol–water partition coefficient (Wildman–Crippen LogP) is 1.78. The minimum absolute atomic E-state index is 0.585. The van der Waals surface area contributed by atoms with E-state index in [0.29, 0.717) is 6.54 Å². The van der Waals surface area contributed by atoms with Crippen LogP contribution in [0, 0.1) is 11.8 Å². The number of aromatic nitrogens is 1. The van der Waals surface area contributed by atoms with E-state index in [-0.39, 0.29) is 0 Å². The summed E-state index contributed by atoms with van der Waals surface area (Å²) in [5, 5.41) is 0. The summed E-state index contributed by atoms with van der Waals surface area (Å²) >= 11 is 0. The molecule has 1 aliphatic carbocycles. The average Bonchev–Trinajstić information content (AvgIpc) is 2.89. The first kappa shape index (κ1) is 10.1. The van der Waals surface area contributed by atoms with Gasteiger partial charge in [0, 0.05) is 25.8 Å². The molecule has 0 radical (unpaired) electrons. The third-order valence-electron chi connectivity index (χ3n) is 4.11. The minimum Gasteiger partial charge on any atom is -0.370 e. The summed E-state index contributed by atoms with van der Waals surface area (Å²) in [7, 11) is 0. The molecule has 1 aliphatic heterocycles. The Hall–Kier alpha value is -1.09. The van der Waals surface area contributed by atoms with Crippen molar-refractivity contribution in [3.63, 3.8) is 0 Å². The summed E-state index contributed by atoms with van der Waals surface area (Å²) in [6.07, 6.45) is 8.11. The first-order valence-corrected chi connectivity index (χ1v) is 6.26. The third kappa shape index (κ3) is 1.69. The lowest BCUT2D eigenvalue weighted by molar-refractivity contribution is 0.494. The summed E-state index contributed by atoms with van der Waals surface area (Å²) in [5.74, 6) is 1.86. The zero-order chi connectivity index (χ0) is 11.0. The molecular formula is C13H19N3. The highest BCUT2D eigenvalue weighted by Gasteiger charge is 2.36. The second kappa shape index (κ2) is 4.06. The first-order valence-electron chi connectivity index (χ1n) is 6.26. The number of hydrogen-bond acceptors (Lipinski definition) is 3. The summed E-state index contributed by atoms with van der Waals surface area (Å²) < 4.78 is 0. The Balaban J connectivity index is 1.78. The fourth-order valence-corrected chi connectivity index (χ4v) is 3.20. The SMILES string of the molecule is NCc1cncc(N2CC3CCCC3C2)c1. The molecule has 2 heterocycles. The molecule has 1 saturated heterocycles. The van der Waals surface area contributed by atoms with E-state index in [4.69, 9.17) is 5.73 Å². The van der Waals surface area contributed by atoms with Crippen molar-refractivity contribution in [2.75, 3.05) is 18.0 Å². The Morgan fingerprint density at radius 1 is 1.25 bits per heavy atom. The fourth-order valence-electron chi connectivity index (χ4n) is 3.20. The van der Waals surface area contributed by atoms with Crippen LogP contribution < -0.4 is 10.6 Å². The molecule has 3 nitrogen and oxygen atoms in total. The van der Waals surface area contributed by atoms with E-state index in [1.807, 2.05) is 12.4 Å².